The molecule has 3 heterocycles. The average molecular weight is 822 g/mol. The second-order valence-corrected chi connectivity index (χ2v) is 14.0. The maximum Gasteiger partial charge on any atom is 0.490 e. The number of halogens is 6. The number of hydrogen-bond acceptors (Lipinski definition) is 11. The second-order valence-electron chi connectivity index (χ2n) is 12.2. The monoisotopic (exact) mass is 821 g/mol. The summed E-state index contributed by atoms with van der Waals surface area (Å²) in [7, 11) is -1.95. The molecule has 20 heteroatoms. The third-order valence-electron chi connectivity index (χ3n) is 9.09. The average Bonchev–Trinajstić information content (AvgIpc) is 3.45. The summed E-state index contributed by atoms with van der Waals surface area (Å²) in [6, 6.07) is 19.8. The number of alkyl halides is 6. The van der Waals surface area contributed by atoms with Gasteiger partial charge in [0.15, 0.2) is 5.54 Å². The largest absolute Gasteiger partial charge is 0.497 e. The Labute approximate surface area is 322 Å². The predicted octanol–water partition coefficient (Wildman–Crippen LogP) is 5.82. The lowest BCUT2D eigenvalue weighted by atomic mass is 9.80. The van der Waals surface area contributed by atoms with Crippen molar-refractivity contribution in [1.82, 2.24) is 9.88 Å². The Morgan fingerprint density at radius 2 is 1.58 bits per heavy atom. The molecular weight excluding hydrogens is 788 g/mol. The highest BCUT2D eigenvalue weighted by Crippen LogP contribution is 2.53. The van der Waals surface area contributed by atoms with Gasteiger partial charge in [-0.1, -0.05) is 18.2 Å². The molecule has 0 radical (unpaired) electrons. The number of sulfonamides is 1. The molecule has 0 aliphatic carbocycles. The number of amides is 1. The van der Waals surface area contributed by atoms with Gasteiger partial charge >= 0.3 is 18.3 Å². The number of methoxy groups -OCH3 is 2. The molecular formula is C37H33F6N5O8S. The summed E-state index contributed by atoms with van der Waals surface area (Å²) >= 11 is 0. The standard InChI is InChI=1S/C35H32F3N5O6S.C2HF3O2/c1-4-49-29-8-6-5-7-26(29)34(42-17-15-41(16-18-42)24-13-14-40-32(20-24)35(36,37)38)27-19-23(22-39)9-11-28(27)43(33(34)44)50(45,46)31-12-10-25(47-2)21-30(31)48-3;3-2(4,5)1(6)7/h5-14,19-21H,4,15-18H2,1-3H3;(H,6,7). The third-order valence-corrected chi connectivity index (χ3v) is 10.8. The van der Waals surface area contributed by atoms with Crippen molar-refractivity contribution >= 4 is 33.3 Å². The van der Waals surface area contributed by atoms with Crippen molar-refractivity contribution in [3.63, 3.8) is 0 Å². The summed E-state index contributed by atoms with van der Waals surface area (Å²) < 4.78 is 119. The third kappa shape index (κ3) is 7.97. The molecule has 4 aromatic rings. The van der Waals surface area contributed by atoms with Crippen molar-refractivity contribution in [1.29, 1.82) is 5.26 Å². The molecule has 2 aliphatic heterocycles. The number of nitrogens with zero attached hydrogens (tertiary/aromatic N) is 5. The highest BCUT2D eigenvalue weighted by molar-refractivity contribution is 7.93. The first-order chi connectivity index (χ1) is 26.9. The SMILES string of the molecule is CCOc1ccccc1C1(N2CCN(c3ccnc(C(F)(F)F)c3)CC2)C(=O)N(S(=O)(=O)c2ccc(OC)cc2OC)c2ccc(C#N)cc21.O=C(O)C(F)(F)F. The van der Waals surface area contributed by atoms with Gasteiger partial charge in [-0.15, -0.1) is 0 Å². The fraction of sp³-hybridized carbons (Fsp3) is 0.297. The zero-order valence-corrected chi connectivity index (χ0v) is 31.1. The molecule has 1 atom stereocenters. The molecule has 0 spiro atoms. The minimum Gasteiger partial charge on any atom is -0.497 e. The maximum absolute atomic E-state index is 15.3. The Morgan fingerprint density at radius 3 is 2.16 bits per heavy atom. The number of rotatable bonds is 9. The summed E-state index contributed by atoms with van der Waals surface area (Å²) in [5.74, 6) is -2.99. The first-order valence-corrected chi connectivity index (χ1v) is 18.2. The number of hydrogen-bond donors (Lipinski definition) is 1. The Morgan fingerprint density at radius 1 is 0.912 bits per heavy atom. The quantitative estimate of drug-likeness (QED) is 0.202. The van der Waals surface area contributed by atoms with E-state index in [1.54, 1.807) is 41.0 Å². The van der Waals surface area contributed by atoms with Crippen molar-refractivity contribution in [3.8, 4) is 23.3 Å². The molecule has 1 amide bonds. The zero-order valence-electron chi connectivity index (χ0n) is 30.3. The first-order valence-electron chi connectivity index (χ1n) is 16.8. The van der Waals surface area contributed by atoms with Crippen LogP contribution in [0.25, 0.3) is 0 Å². The number of aliphatic carboxylic acids is 1. The zero-order chi connectivity index (χ0) is 41.9. The van der Waals surface area contributed by atoms with E-state index in [0.717, 1.165) is 16.6 Å². The fourth-order valence-corrected chi connectivity index (χ4v) is 8.23. The van der Waals surface area contributed by atoms with E-state index in [-0.39, 0.29) is 60.2 Å². The highest BCUT2D eigenvalue weighted by Gasteiger charge is 2.61. The second kappa shape index (κ2) is 16.2. The van der Waals surface area contributed by atoms with E-state index in [4.69, 9.17) is 24.1 Å². The molecule has 13 nitrogen and oxygen atoms in total. The van der Waals surface area contributed by atoms with Crippen LogP contribution in [-0.2, 0) is 31.3 Å². The number of fused-ring (bicyclic) bond motifs is 1. The van der Waals surface area contributed by atoms with Crippen LogP contribution in [0, 0.1) is 11.3 Å². The topological polar surface area (TPSA) is 163 Å². The number of benzene rings is 3. The van der Waals surface area contributed by atoms with Crippen LogP contribution < -0.4 is 23.4 Å². The van der Waals surface area contributed by atoms with Gasteiger partial charge in [-0.2, -0.15) is 31.6 Å². The number of anilines is 2. The van der Waals surface area contributed by atoms with Gasteiger partial charge in [0.05, 0.1) is 38.1 Å². The Hall–Kier alpha value is -6.07. The minimum absolute atomic E-state index is 0.0320. The van der Waals surface area contributed by atoms with Crippen LogP contribution >= 0.6 is 0 Å². The summed E-state index contributed by atoms with van der Waals surface area (Å²) in [6.07, 6.45) is -8.62. The predicted molar refractivity (Wildman–Crippen MR) is 190 cm³/mol. The lowest BCUT2D eigenvalue weighted by Crippen LogP contribution is -2.60. The van der Waals surface area contributed by atoms with Crippen LogP contribution in [0.1, 0.15) is 29.3 Å². The van der Waals surface area contributed by atoms with Crippen LogP contribution in [0.3, 0.4) is 0 Å². The van der Waals surface area contributed by atoms with Crippen molar-refractivity contribution in [2.75, 3.05) is 56.2 Å². The number of piperazine rings is 1. The van der Waals surface area contributed by atoms with Gasteiger partial charge < -0.3 is 24.2 Å². The Bertz CT molecular complexity index is 2310. The number of carbonyl (C=O) groups excluding carboxylic acids is 1. The number of para-hydroxylation sites is 1. The van der Waals surface area contributed by atoms with Crippen molar-refractivity contribution in [2.45, 2.75) is 29.7 Å². The number of ether oxygens (including phenoxy) is 3. The number of aromatic nitrogens is 1. The van der Waals surface area contributed by atoms with Gasteiger partial charge in [0.1, 0.15) is 27.8 Å². The fourth-order valence-electron chi connectivity index (χ4n) is 6.62. The Kier molecular flexibility index (Phi) is 12.0. The summed E-state index contributed by atoms with van der Waals surface area (Å²) in [4.78, 5) is 31.0. The van der Waals surface area contributed by atoms with E-state index in [9.17, 15) is 40.0 Å². The lowest BCUT2D eigenvalue weighted by Gasteiger charge is -2.46. The van der Waals surface area contributed by atoms with E-state index in [0.29, 0.717) is 22.7 Å². The molecule has 1 fully saturated rings. The first kappa shape index (κ1) is 42.1. The molecule has 1 saturated heterocycles. The minimum atomic E-state index is -5.08. The van der Waals surface area contributed by atoms with Gasteiger partial charge in [0.2, 0.25) is 0 Å². The molecule has 1 unspecified atom stereocenters. The number of carboxylic acid groups (broad SMARTS) is 1. The van der Waals surface area contributed by atoms with E-state index in [2.05, 4.69) is 11.1 Å². The number of carboxylic acids is 1. The van der Waals surface area contributed by atoms with Gasteiger partial charge in [0, 0.05) is 55.3 Å². The van der Waals surface area contributed by atoms with Crippen molar-refractivity contribution < 1.29 is 63.7 Å². The van der Waals surface area contributed by atoms with Gasteiger partial charge in [-0.05, 0) is 55.5 Å². The van der Waals surface area contributed by atoms with Crippen LogP contribution in [0.15, 0.2) is 83.9 Å². The van der Waals surface area contributed by atoms with E-state index in [1.165, 1.54) is 56.7 Å². The Balaban J connectivity index is 0.000000811. The summed E-state index contributed by atoms with van der Waals surface area (Å²) in [6.45, 7) is 2.60. The summed E-state index contributed by atoms with van der Waals surface area (Å²) in [5, 5.41) is 17.1. The van der Waals surface area contributed by atoms with Gasteiger partial charge in [0.25, 0.3) is 15.9 Å². The van der Waals surface area contributed by atoms with Crippen LogP contribution in [0.4, 0.5) is 37.7 Å². The molecule has 1 aromatic heterocycles. The molecule has 302 valence electrons. The van der Waals surface area contributed by atoms with Crippen LogP contribution in [-0.4, -0.2) is 88.5 Å². The van der Waals surface area contributed by atoms with E-state index >= 15 is 4.79 Å². The van der Waals surface area contributed by atoms with Crippen LogP contribution in [0.5, 0.6) is 17.2 Å². The number of carbonyl (C=O) groups is 2. The van der Waals surface area contributed by atoms with Crippen molar-refractivity contribution in [3.05, 3.63) is 101 Å². The molecule has 1 N–H and O–H groups in total. The molecule has 0 saturated carbocycles. The molecule has 6 rings (SSSR count). The molecule has 0 bridgehead atoms. The normalized spacial score (nSPS) is 17.2. The summed E-state index contributed by atoms with van der Waals surface area (Å²) in [5.41, 5.74) is -1.76. The number of pyridine rings is 1. The van der Waals surface area contributed by atoms with Gasteiger partial charge in [-0.3, -0.25) is 14.7 Å². The van der Waals surface area contributed by atoms with Crippen molar-refractivity contribution in [2.24, 2.45) is 0 Å². The van der Waals surface area contributed by atoms with Gasteiger partial charge in [-0.25, -0.2) is 17.5 Å². The van der Waals surface area contributed by atoms with E-state index < -0.39 is 45.5 Å². The molecule has 2 aliphatic rings. The molecule has 57 heavy (non-hydrogen) atoms. The van der Waals surface area contributed by atoms with E-state index in [1.807, 2.05) is 0 Å². The number of nitriles is 1. The molecule has 3 aromatic carbocycles. The maximum atomic E-state index is 15.3. The highest BCUT2D eigenvalue weighted by atomic mass is 32.2. The van der Waals surface area contributed by atoms with Crippen LogP contribution in [0.2, 0.25) is 0 Å². The lowest BCUT2D eigenvalue weighted by molar-refractivity contribution is -0.192. The smallest absolute Gasteiger partial charge is 0.490 e.